The molecule has 0 radical (unpaired) electrons. The summed E-state index contributed by atoms with van der Waals surface area (Å²) in [6.45, 7) is 2.28. The Labute approximate surface area is 217 Å². The van der Waals surface area contributed by atoms with E-state index in [0.717, 1.165) is 17.5 Å². The average Bonchev–Trinajstić information content (AvgIpc) is 2.88. The van der Waals surface area contributed by atoms with Crippen molar-refractivity contribution in [1.82, 2.24) is 0 Å². The summed E-state index contributed by atoms with van der Waals surface area (Å²) in [5.74, 6) is -0.285. The van der Waals surface area contributed by atoms with E-state index in [-0.39, 0.29) is 5.97 Å². The first-order valence-electron chi connectivity index (χ1n) is 13.7. The smallest absolute Gasteiger partial charge is 0.465 e. The number of carboxylic acid groups (broad SMARTS) is 2. The summed E-state index contributed by atoms with van der Waals surface area (Å²) in [7, 11) is 1.43. The van der Waals surface area contributed by atoms with E-state index < -0.39 is 6.16 Å². The molecule has 0 atom stereocenters. The molecule has 2 aromatic rings. The van der Waals surface area contributed by atoms with Gasteiger partial charge in [-0.05, 0) is 35.6 Å². The molecule has 5 nitrogen and oxygen atoms in total. The molecule has 0 aliphatic rings. The van der Waals surface area contributed by atoms with E-state index in [1.807, 2.05) is 24.3 Å². The van der Waals surface area contributed by atoms with Crippen molar-refractivity contribution < 1.29 is 24.5 Å². The zero-order chi connectivity index (χ0) is 26.4. The van der Waals surface area contributed by atoms with Gasteiger partial charge < -0.3 is 14.9 Å². The van der Waals surface area contributed by atoms with Gasteiger partial charge in [0.15, 0.2) is 0 Å². The fraction of sp³-hybridized carbons (Fsp3) is 0.548. The zero-order valence-electron chi connectivity index (χ0n) is 22.3. The monoisotopic (exact) mass is 498 g/mol. The van der Waals surface area contributed by atoms with E-state index in [4.69, 9.17) is 19.7 Å². The minimum atomic E-state index is -1.83. The van der Waals surface area contributed by atoms with Crippen LogP contribution in [-0.2, 0) is 11.2 Å². The third-order valence-electron chi connectivity index (χ3n) is 6.42. The van der Waals surface area contributed by atoms with Crippen LogP contribution in [0.1, 0.15) is 113 Å². The van der Waals surface area contributed by atoms with Crippen molar-refractivity contribution in [2.45, 2.75) is 103 Å². The fourth-order valence-electron chi connectivity index (χ4n) is 4.40. The third-order valence-corrected chi connectivity index (χ3v) is 6.42. The van der Waals surface area contributed by atoms with Crippen LogP contribution >= 0.6 is 0 Å². The average molecular weight is 499 g/mol. The molecular weight excluding hydrogens is 452 g/mol. The number of carbonyl (C=O) groups excluding carboxylic acids is 1. The maximum atomic E-state index is 12.0. The second-order valence-corrected chi connectivity index (χ2v) is 9.36. The van der Waals surface area contributed by atoms with Gasteiger partial charge in [0.25, 0.3) is 0 Å². The van der Waals surface area contributed by atoms with Gasteiger partial charge in [-0.1, -0.05) is 133 Å². The molecule has 36 heavy (non-hydrogen) atoms. The quantitative estimate of drug-likeness (QED) is 0.168. The van der Waals surface area contributed by atoms with Crippen molar-refractivity contribution >= 4 is 12.1 Å². The Morgan fingerprint density at radius 1 is 0.667 bits per heavy atom. The number of ether oxygens (including phenoxy) is 1. The minimum absolute atomic E-state index is 0.285. The topological polar surface area (TPSA) is 83.8 Å². The van der Waals surface area contributed by atoms with Crippen molar-refractivity contribution in [3.63, 3.8) is 0 Å². The fourth-order valence-corrected chi connectivity index (χ4v) is 4.40. The van der Waals surface area contributed by atoms with Crippen LogP contribution in [0.5, 0.6) is 0 Å². The van der Waals surface area contributed by atoms with Crippen molar-refractivity contribution in [3.05, 3.63) is 59.7 Å². The van der Waals surface area contributed by atoms with E-state index in [9.17, 15) is 4.79 Å². The number of methoxy groups -OCH3 is 1. The molecule has 0 aliphatic heterocycles. The van der Waals surface area contributed by atoms with Gasteiger partial charge in [-0.25, -0.2) is 9.59 Å². The molecule has 0 saturated heterocycles. The molecule has 2 rings (SSSR count). The SMILES string of the molecule is CCCCCCCCCCCCCCCCc1ccc(-c2ccccc2C(=O)OC)cc1.O=C(O)O. The highest BCUT2D eigenvalue weighted by Crippen LogP contribution is 2.25. The maximum absolute atomic E-state index is 12.0. The Bertz CT molecular complexity index is 840. The summed E-state index contributed by atoms with van der Waals surface area (Å²) in [6.07, 6.45) is 18.9. The molecule has 0 aliphatic carbocycles. The first-order chi connectivity index (χ1) is 17.5. The molecule has 5 heteroatoms. The second kappa shape index (κ2) is 20.4. The minimum Gasteiger partial charge on any atom is -0.465 e. The van der Waals surface area contributed by atoms with Crippen molar-refractivity contribution in [2.24, 2.45) is 0 Å². The van der Waals surface area contributed by atoms with Gasteiger partial charge in [0.05, 0.1) is 12.7 Å². The van der Waals surface area contributed by atoms with Crippen LogP contribution < -0.4 is 0 Å². The van der Waals surface area contributed by atoms with Gasteiger partial charge in [0.2, 0.25) is 0 Å². The van der Waals surface area contributed by atoms with Gasteiger partial charge in [0, 0.05) is 0 Å². The van der Waals surface area contributed by atoms with Crippen LogP contribution in [-0.4, -0.2) is 29.4 Å². The van der Waals surface area contributed by atoms with Crippen LogP contribution in [0, 0.1) is 0 Å². The Morgan fingerprint density at radius 2 is 1.11 bits per heavy atom. The standard InChI is InChI=1S/C30H44O2.CH2O3/c1-3-4-5-6-7-8-9-10-11-12-13-14-15-16-19-26-22-24-27(25-23-26)28-20-17-18-21-29(28)30(31)32-2;2-1(3)4/h17-18,20-25H,3-16,19H2,1-2H3;(H2,2,3,4). The first kappa shape index (κ1) is 31.2. The van der Waals surface area contributed by atoms with Gasteiger partial charge >= 0.3 is 12.1 Å². The molecule has 0 amide bonds. The van der Waals surface area contributed by atoms with E-state index in [1.54, 1.807) is 0 Å². The number of carbonyl (C=O) groups is 2. The van der Waals surface area contributed by atoms with E-state index in [1.165, 1.54) is 103 Å². The summed E-state index contributed by atoms with van der Waals surface area (Å²) in [6, 6.07) is 16.3. The van der Waals surface area contributed by atoms with Gasteiger partial charge in [-0.2, -0.15) is 0 Å². The van der Waals surface area contributed by atoms with E-state index in [0.29, 0.717) is 5.56 Å². The van der Waals surface area contributed by atoms with E-state index >= 15 is 0 Å². The van der Waals surface area contributed by atoms with Crippen LogP contribution in [0.4, 0.5) is 4.79 Å². The summed E-state index contributed by atoms with van der Waals surface area (Å²) in [4.78, 5) is 20.6. The van der Waals surface area contributed by atoms with Crippen LogP contribution in [0.3, 0.4) is 0 Å². The Balaban J connectivity index is 0.00000150. The molecule has 0 bridgehead atoms. The number of unbranched alkanes of at least 4 members (excludes halogenated alkanes) is 13. The lowest BCUT2D eigenvalue weighted by atomic mass is 9.97. The summed E-state index contributed by atoms with van der Waals surface area (Å²) in [5, 5.41) is 13.9. The molecule has 2 aromatic carbocycles. The largest absolute Gasteiger partial charge is 0.503 e. The van der Waals surface area contributed by atoms with Gasteiger partial charge in [-0.3, -0.25) is 0 Å². The lowest BCUT2D eigenvalue weighted by Crippen LogP contribution is -2.03. The molecular formula is C31H46O5. The normalized spacial score (nSPS) is 10.4. The van der Waals surface area contributed by atoms with Crippen molar-refractivity contribution in [1.29, 1.82) is 0 Å². The lowest BCUT2D eigenvalue weighted by molar-refractivity contribution is 0.0601. The summed E-state index contributed by atoms with van der Waals surface area (Å²) >= 11 is 0. The third kappa shape index (κ3) is 14.6. The summed E-state index contributed by atoms with van der Waals surface area (Å²) < 4.78 is 4.92. The summed E-state index contributed by atoms with van der Waals surface area (Å²) in [5.41, 5.74) is 4.00. The lowest BCUT2D eigenvalue weighted by Gasteiger charge is -2.09. The molecule has 200 valence electrons. The van der Waals surface area contributed by atoms with Gasteiger partial charge in [0.1, 0.15) is 0 Å². The highest BCUT2D eigenvalue weighted by Gasteiger charge is 2.12. The predicted octanol–water partition coefficient (Wildman–Crippen LogP) is 9.39. The number of esters is 1. The Kier molecular flexibility index (Phi) is 17.7. The molecule has 0 aromatic heterocycles. The highest BCUT2D eigenvalue weighted by molar-refractivity contribution is 5.97. The highest BCUT2D eigenvalue weighted by atomic mass is 16.6. The molecule has 0 heterocycles. The molecule has 0 unspecified atom stereocenters. The molecule has 0 saturated carbocycles. The Hall–Kier alpha value is -2.82. The van der Waals surface area contributed by atoms with Crippen LogP contribution in [0.15, 0.2) is 48.5 Å². The number of hydrogen-bond acceptors (Lipinski definition) is 3. The molecule has 0 spiro atoms. The second-order valence-electron chi connectivity index (χ2n) is 9.36. The maximum Gasteiger partial charge on any atom is 0.503 e. The molecule has 0 fully saturated rings. The van der Waals surface area contributed by atoms with E-state index in [2.05, 4.69) is 31.2 Å². The number of rotatable bonds is 17. The van der Waals surface area contributed by atoms with Gasteiger partial charge in [-0.15, -0.1) is 0 Å². The van der Waals surface area contributed by atoms with Crippen molar-refractivity contribution in [2.75, 3.05) is 7.11 Å². The number of aryl methyl sites for hydroxylation is 1. The number of hydrogen-bond donors (Lipinski definition) is 2. The van der Waals surface area contributed by atoms with Crippen molar-refractivity contribution in [3.8, 4) is 11.1 Å². The predicted molar refractivity (Wildman–Crippen MR) is 148 cm³/mol. The van der Waals surface area contributed by atoms with Crippen LogP contribution in [0.2, 0.25) is 0 Å². The first-order valence-corrected chi connectivity index (χ1v) is 13.7. The zero-order valence-corrected chi connectivity index (χ0v) is 22.3. The molecule has 2 N–H and O–H groups in total. The number of benzene rings is 2. The van der Waals surface area contributed by atoms with Crippen LogP contribution in [0.25, 0.3) is 11.1 Å². The Morgan fingerprint density at radius 3 is 1.58 bits per heavy atom.